The van der Waals surface area contributed by atoms with Crippen molar-refractivity contribution in [2.24, 2.45) is 5.73 Å². The fraction of sp³-hybridized carbons (Fsp3) is 0.133. The van der Waals surface area contributed by atoms with Crippen molar-refractivity contribution in [3.05, 3.63) is 65.5 Å². The van der Waals surface area contributed by atoms with Gasteiger partial charge in [-0.1, -0.05) is 30.0 Å². The number of pyridine rings is 1. The van der Waals surface area contributed by atoms with E-state index in [1.165, 1.54) is 0 Å². The van der Waals surface area contributed by atoms with Gasteiger partial charge in [0, 0.05) is 29.6 Å². The second-order valence-corrected chi connectivity index (χ2v) is 3.91. The SMILES string of the molecule is CC(N)c1cncc(C#Cc2ccccc2)c1.Cl.Cl. The van der Waals surface area contributed by atoms with Crippen LogP contribution in [0.2, 0.25) is 0 Å². The van der Waals surface area contributed by atoms with Crippen molar-refractivity contribution < 1.29 is 0 Å². The third kappa shape index (κ3) is 5.32. The van der Waals surface area contributed by atoms with E-state index in [4.69, 9.17) is 5.73 Å². The molecular formula is C15H16Cl2N2. The molecule has 2 aromatic rings. The smallest absolute Gasteiger partial charge is 0.0435 e. The molecule has 1 unspecified atom stereocenters. The first-order valence-electron chi connectivity index (χ1n) is 5.53. The zero-order valence-electron chi connectivity index (χ0n) is 10.5. The normalized spacial score (nSPS) is 10.2. The lowest BCUT2D eigenvalue weighted by Crippen LogP contribution is -2.05. The highest BCUT2D eigenvalue weighted by Crippen LogP contribution is 2.09. The van der Waals surface area contributed by atoms with Crippen molar-refractivity contribution in [1.82, 2.24) is 4.98 Å². The summed E-state index contributed by atoms with van der Waals surface area (Å²) in [7, 11) is 0. The summed E-state index contributed by atoms with van der Waals surface area (Å²) in [6.07, 6.45) is 3.53. The van der Waals surface area contributed by atoms with Gasteiger partial charge < -0.3 is 5.73 Å². The largest absolute Gasteiger partial charge is 0.324 e. The number of hydrogen-bond acceptors (Lipinski definition) is 2. The third-order valence-corrected chi connectivity index (χ3v) is 2.41. The molecular weight excluding hydrogens is 279 g/mol. The first-order chi connectivity index (χ1) is 8.25. The molecule has 1 heterocycles. The van der Waals surface area contributed by atoms with E-state index in [0.29, 0.717) is 0 Å². The molecule has 0 bridgehead atoms. The molecule has 0 fully saturated rings. The van der Waals surface area contributed by atoms with Crippen molar-refractivity contribution in [1.29, 1.82) is 0 Å². The molecule has 1 aromatic heterocycles. The van der Waals surface area contributed by atoms with Crippen LogP contribution in [0.1, 0.15) is 29.7 Å². The Labute approximate surface area is 126 Å². The minimum Gasteiger partial charge on any atom is -0.324 e. The predicted octanol–water partition coefficient (Wildman–Crippen LogP) is 3.34. The standard InChI is InChI=1S/C15H14N2.2ClH/c1-12(16)15-9-14(10-17-11-15)8-7-13-5-3-2-4-6-13;;/h2-6,9-12H,16H2,1H3;2*1H. The number of hydrogen-bond donors (Lipinski definition) is 1. The van der Waals surface area contributed by atoms with E-state index in [-0.39, 0.29) is 30.9 Å². The van der Waals surface area contributed by atoms with E-state index in [2.05, 4.69) is 16.8 Å². The van der Waals surface area contributed by atoms with Gasteiger partial charge in [-0.05, 0) is 30.7 Å². The summed E-state index contributed by atoms with van der Waals surface area (Å²) >= 11 is 0. The summed E-state index contributed by atoms with van der Waals surface area (Å²) in [6.45, 7) is 1.94. The van der Waals surface area contributed by atoms with Gasteiger partial charge in [-0.3, -0.25) is 4.98 Å². The molecule has 19 heavy (non-hydrogen) atoms. The van der Waals surface area contributed by atoms with Crippen LogP contribution in [-0.2, 0) is 0 Å². The minimum absolute atomic E-state index is 0. The second-order valence-electron chi connectivity index (χ2n) is 3.91. The summed E-state index contributed by atoms with van der Waals surface area (Å²) in [5.41, 5.74) is 8.70. The van der Waals surface area contributed by atoms with Gasteiger partial charge in [-0.15, -0.1) is 24.8 Å². The molecule has 2 rings (SSSR count). The average Bonchev–Trinajstić information content (AvgIpc) is 2.38. The van der Waals surface area contributed by atoms with E-state index < -0.39 is 0 Å². The Morgan fingerprint density at radius 1 is 1.00 bits per heavy atom. The van der Waals surface area contributed by atoms with Gasteiger partial charge >= 0.3 is 0 Å². The Bertz CT molecular complexity index is 557. The Morgan fingerprint density at radius 3 is 2.26 bits per heavy atom. The van der Waals surface area contributed by atoms with Crippen LogP contribution in [0.25, 0.3) is 0 Å². The third-order valence-electron chi connectivity index (χ3n) is 2.41. The Kier molecular flexibility index (Phi) is 7.86. The van der Waals surface area contributed by atoms with Crippen LogP contribution in [0.3, 0.4) is 0 Å². The minimum atomic E-state index is -0.0130. The molecule has 0 saturated heterocycles. The number of halogens is 2. The highest BCUT2D eigenvalue weighted by Gasteiger charge is 1.99. The van der Waals surface area contributed by atoms with E-state index in [0.717, 1.165) is 16.7 Å². The molecule has 0 saturated carbocycles. The summed E-state index contributed by atoms with van der Waals surface area (Å²) < 4.78 is 0. The molecule has 2 N–H and O–H groups in total. The first-order valence-corrected chi connectivity index (χ1v) is 5.53. The lowest BCUT2D eigenvalue weighted by atomic mass is 10.1. The van der Waals surface area contributed by atoms with Crippen LogP contribution in [0.15, 0.2) is 48.8 Å². The zero-order chi connectivity index (χ0) is 12.1. The number of nitrogens with zero attached hydrogens (tertiary/aromatic N) is 1. The maximum Gasteiger partial charge on any atom is 0.0435 e. The number of aromatic nitrogens is 1. The number of nitrogens with two attached hydrogens (primary N) is 1. The van der Waals surface area contributed by atoms with Crippen LogP contribution < -0.4 is 5.73 Å². The van der Waals surface area contributed by atoms with Gasteiger partial charge in [0.1, 0.15) is 0 Å². The van der Waals surface area contributed by atoms with Crippen LogP contribution >= 0.6 is 24.8 Å². The van der Waals surface area contributed by atoms with E-state index in [9.17, 15) is 0 Å². The highest BCUT2D eigenvalue weighted by molar-refractivity contribution is 5.85. The van der Waals surface area contributed by atoms with Crippen LogP contribution in [0, 0.1) is 11.8 Å². The zero-order valence-corrected chi connectivity index (χ0v) is 12.2. The maximum atomic E-state index is 5.80. The number of rotatable bonds is 1. The lowest BCUT2D eigenvalue weighted by Gasteiger charge is -2.03. The molecule has 0 aliphatic heterocycles. The van der Waals surface area contributed by atoms with Crippen LogP contribution in [-0.4, -0.2) is 4.98 Å². The van der Waals surface area contributed by atoms with Gasteiger partial charge in [0.2, 0.25) is 0 Å². The lowest BCUT2D eigenvalue weighted by molar-refractivity contribution is 0.811. The quantitative estimate of drug-likeness (QED) is 0.819. The van der Waals surface area contributed by atoms with Crippen molar-refractivity contribution in [2.75, 3.05) is 0 Å². The van der Waals surface area contributed by atoms with Crippen molar-refractivity contribution in [3.63, 3.8) is 0 Å². The highest BCUT2D eigenvalue weighted by atomic mass is 35.5. The molecule has 0 aliphatic rings. The fourth-order valence-electron chi connectivity index (χ4n) is 1.44. The van der Waals surface area contributed by atoms with E-state index in [1.54, 1.807) is 12.4 Å². The first kappa shape index (κ1) is 17.5. The Balaban J connectivity index is 0.00000162. The Hall–Kier alpha value is -1.53. The van der Waals surface area contributed by atoms with Crippen molar-refractivity contribution in [2.45, 2.75) is 13.0 Å². The monoisotopic (exact) mass is 294 g/mol. The predicted molar refractivity (Wildman–Crippen MR) is 83.8 cm³/mol. The van der Waals surface area contributed by atoms with E-state index >= 15 is 0 Å². The molecule has 1 atom stereocenters. The average molecular weight is 295 g/mol. The topological polar surface area (TPSA) is 38.9 Å². The molecule has 0 spiro atoms. The fourth-order valence-corrected chi connectivity index (χ4v) is 1.44. The molecule has 1 aromatic carbocycles. The second kappa shape index (κ2) is 8.55. The molecule has 100 valence electrons. The van der Waals surface area contributed by atoms with Gasteiger partial charge in [-0.25, -0.2) is 0 Å². The molecule has 0 radical (unpaired) electrons. The summed E-state index contributed by atoms with van der Waals surface area (Å²) in [5, 5.41) is 0. The maximum absolute atomic E-state index is 5.80. The van der Waals surface area contributed by atoms with Crippen molar-refractivity contribution in [3.8, 4) is 11.8 Å². The molecule has 0 aliphatic carbocycles. The van der Waals surface area contributed by atoms with Gasteiger partial charge in [-0.2, -0.15) is 0 Å². The molecule has 2 nitrogen and oxygen atoms in total. The van der Waals surface area contributed by atoms with E-state index in [1.807, 2.05) is 43.3 Å². The summed E-state index contributed by atoms with van der Waals surface area (Å²) in [4.78, 5) is 4.14. The van der Waals surface area contributed by atoms with Crippen molar-refractivity contribution >= 4 is 24.8 Å². The van der Waals surface area contributed by atoms with Crippen LogP contribution in [0.4, 0.5) is 0 Å². The van der Waals surface area contributed by atoms with Gasteiger partial charge in [0.25, 0.3) is 0 Å². The van der Waals surface area contributed by atoms with Crippen LogP contribution in [0.5, 0.6) is 0 Å². The molecule has 4 heteroatoms. The van der Waals surface area contributed by atoms with Gasteiger partial charge in [0.15, 0.2) is 0 Å². The summed E-state index contributed by atoms with van der Waals surface area (Å²) in [5.74, 6) is 6.18. The van der Waals surface area contributed by atoms with Gasteiger partial charge in [0.05, 0.1) is 0 Å². The Morgan fingerprint density at radius 2 is 1.63 bits per heavy atom. The number of benzene rings is 1. The summed E-state index contributed by atoms with van der Waals surface area (Å²) in [6, 6.07) is 11.9. The molecule has 0 amide bonds.